The normalized spacial score (nSPS) is 10.7. The minimum atomic E-state index is -0.927. The highest BCUT2D eigenvalue weighted by Crippen LogP contribution is 2.23. The summed E-state index contributed by atoms with van der Waals surface area (Å²) in [6.07, 6.45) is 0.345. The van der Waals surface area contributed by atoms with E-state index in [1.54, 1.807) is 25.1 Å². The highest BCUT2D eigenvalue weighted by atomic mass is 19.2. The summed E-state index contributed by atoms with van der Waals surface area (Å²) < 4.78 is 26.1. The fourth-order valence-electron chi connectivity index (χ4n) is 1.70. The van der Waals surface area contributed by atoms with E-state index in [1.165, 1.54) is 0 Å². The van der Waals surface area contributed by atoms with Crippen molar-refractivity contribution in [3.05, 3.63) is 47.5 Å². The molecule has 0 saturated heterocycles. The van der Waals surface area contributed by atoms with Crippen molar-refractivity contribution in [2.45, 2.75) is 13.3 Å². The van der Waals surface area contributed by atoms with E-state index in [2.05, 4.69) is 0 Å². The van der Waals surface area contributed by atoms with Crippen LogP contribution in [0.3, 0.4) is 0 Å². The number of Topliss-reactive ketones (excluding diaryl/α,β-unsaturated/α-hetero) is 1. The van der Waals surface area contributed by atoms with Crippen molar-refractivity contribution in [1.82, 2.24) is 0 Å². The molecule has 16 heavy (non-hydrogen) atoms. The zero-order valence-electron chi connectivity index (χ0n) is 8.76. The molecule has 2 aromatic carbocycles. The van der Waals surface area contributed by atoms with E-state index in [4.69, 9.17) is 0 Å². The van der Waals surface area contributed by atoms with Crippen molar-refractivity contribution in [3.8, 4) is 0 Å². The summed E-state index contributed by atoms with van der Waals surface area (Å²) in [5.41, 5.74) is 0.443. The van der Waals surface area contributed by atoms with E-state index in [1.807, 2.05) is 0 Å². The Morgan fingerprint density at radius 3 is 2.56 bits per heavy atom. The topological polar surface area (TPSA) is 17.1 Å². The molecule has 0 heterocycles. The van der Waals surface area contributed by atoms with Crippen LogP contribution >= 0.6 is 0 Å². The Kier molecular flexibility index (Phi) is 2.69. The van der Waals surface area contributed by atoms with Crippen LogP contribution in [0.5, 0.6) is 0 Å². The van der Waals surface area contributed by atoms with Gasteiger partial charge in [0.2, 0.25) is 0 Å². The molecule has 0 saturated carbocycles. The van der Waals surface area contributed by atoms with Crippen LogP contribution in [-0.4, -0.2) is 5.78 Å². The highest BCUT2D eigenvalue weighted by molar-refractivity contribution is 6.08. The molecule has 0 radical (unpaired) electrons. The first-order chi connectivity index (χ1) is 7.63. The van der Waals surface area contributed by atoms with Crippen LogP contribution in [0.4, 0.5) is 8.78 Å². The second kappa shape index (κ2) is 4.00. The van der Waals surface area contributed by atoms with Gasteiger partial charge < -0.3 is 0 Å². The predicted molar refractivity (Wildman–Crippen MR) is 58.5 cm³/mol. The van der Waals surface area contributed by atoms with E-state index in [0.717, 1.165) is 12.1 Å². The molecule has 3 heteroatoms. The lowest BCUT2D eigenvalue weighted by atomic mass is 10.00. The van der Waals surface area contributed by atoms with Crippen LogP contribution in [0.1, 0.15) is 23.7 Å². The summed E-state index contributed by atoms with van der Waals surface area (Å²) >= 11 is 0. The van der Waals surface area contributed by atoms with Gasteiger partial charge in [-0.1, -0.05) is 25.1 Å². The Morgan fingerprint density at radius 1 is 1.19 bits per heavy atom. The molecule has 0 unspecified atom stereocenters. The quantitative estimate of drug-likeness (QED) is 0.705. The monoisotopic (exact) mass is 220 g/mol. The first kappa shape index (κ1) is 10.7. The van der Waals surface area contributed by atoms with Crippen molar-refractivity contribution < 1.29 is 13.6 Å². The molecule has 0 fully saturated rings. The summed E-state index contributed by atoms with van der Waals surface area (Å²) in [5, 5.41) is 1.01. The predicted octanol–water partition coefficient (Wildman–Crippen LogP) is 3.71. The number of ketones is 1. The molecule has 82 valence electrons. The largest absolute Gasteiger partial charge is 0.294 e. The van der Waals surface area contributed by atoms with Crippen LogP contribution in [0.15, 0.2) is 30.3 Å². The van der Waals surface area contributed by atoms with Gasteiger partial charge >= 0.3 is 0 Å². The minimum absolute atomic E-state index is 0.0726. The average Bonchev–Trinajstić information content (AvgIpc) is 2.29. The summed E-state index contributed by atoms with van der Waals surface area (Å²) in [4.78, 5) is 11.6. The van der Waals surface area contributed by atoms with Gasteiger partial charge in [0.25, 0.3) is 0 Å². The molecule has 0 atom stereocenters. The Morgan fingerprint density at radius 2 is 1.88 bits per heavy atom. The van der Waals surface area contributed by atoms with E-state index < -0.39 is 11.6 Å². The molecule has 0 aromatic heterocycles. The number of carbonyl (C=O) groups excluding carboxylic acids is 1. The molecule has 2 aromatic rings. The molecule has 0 aliphatic rings. The smallest absolute Gasteiger partial charge is 0.163 e. The Balaban J connectivity index is 2.77. The van der Waals surface area contributed by atoms with Crippen LogP contribution in [0.2, 0.25) is 0 Å². The van der Waals surface area contributed by atoms with Crippen molar-refractivity contribution >= 4 is 16.6 Å². The van der Waals surface area contributed by atoms with Crippen molar-refractivity contribution in [3.63, 3.8) is 0 Å². The zero-order valence-corrected chi connectivity index (χ0v) is 8.76. The fraction of sp³-hybridized carbons (Fsp3) is 0.154. The van der Waals surface area contributed by atoms with E-state index >= 15 is 0 Å². The molecule has 2 rings (SSSR count). The Hall–Kier alpha value is -1.77. The second-order valence-electron chi connectivity index (χ2n) is 3.57. The first-order valence-electron chi connectivity index (χ1n) is 5.04. The molecule has 0 aliphatic heterocycles. The van der Waals surface area contributed by atoms with E-state index in [0.29, 0.717) is 22.8 Å². The zero-order chi connectivity index (χ0) is 11.7. The lowest BCUT2D eigenvalue weighted by Gasteiger charge is -2.05. The second-order valence-corrected chi connectivity index (χ2v) is 3.57. The number of benzene rings is 2. The number of carbonyl (C=O) groups is 1. The molecule has 0 bridgehead atoms. The fourth-order valence-corrected chi connectivity index (χ4v) is 1.70. The van der Waals surface area contributed by atoms with Gasteiger partial charge in [-0.3, -0.25) is 4.79 Å². The van der Waals surface area contributed by atoms with Crippen molar-refractivity contribution in [2.24, 2.45) is 0 Å². The Labute approximate surface area is 91.7 Å². The standard InChI is InChI=1S/C13H10F2O/c1-2-13(16)9-5-3-4-8-6-11(14)12(15)7-10(8)9/h3-7H,2H2,1H3. The molecular formula is C13H10F2O. The lowest BCUT2D eigenvalue weighted by Crippen LogP contribution is -1.98. The first-order valence-corrected chi connectivity index (χ1v) is 5.04. The van der Waals surface area contributed by atoms with E-state index in [9.17, 15) is 13.6 Å². The average molecular weight is 220 g/mol. The third-order valence-corrected chi connectivity index (χ3v) is 2.54. The van der Waals surface area contributed by atoms with Crippen LogP contribution < -0.4 is 0 Å². The van der Waals surface area contributed by atoms with Gasteiger partial charge in [0.05, 0.1) is 0 Å². The number of hydrogen-bond acceptors (Lipinski definition) is 1. The van der Waals surface area contributed by atoms with Gasteiger partial charge in [-0.2, -0.15) is 0 Å². The number of hydrogen-bond donors (Lipinski definition) is 0. The number of rotatable bonds is 2. The van der Waals surface area contributed by atoms with E-state index in [-0.39, 0.29) is 5.78 Å². The van der Waals surface area contributed by atoms with Gasteiger partial charge in [0, 0.05) is 12.0 Å². The van der Waals surface area contributed by atoms with Crippen LogP contribution in [0.25, 0.3) is 10.8 Å². The van der Waals surface area contributed by atoms with Crippen LogP contribution in [-0.2, 0) is 0 Å². The summed E-state index contributed by atoms with van der Waals surface area (Å²) in [6.45, 7) is 1.74. The van der Waals surface area contributed by atoms with Gasteiger partial charge in [-0.25, -0.2) is 8.78 Å². The molecule has 1 nitrogen and oxygen atoms in total. The highest BCUT2D eigenvalue weighted by Gasteiger charge is 2.11. The van der Waals surface area contributed by atoms with Crippen molar-refractivity contribution in [2.75, 3.05) is 0 Å². The molecule has 0 aliphatic carbocycles. The third-order valence-electron chi connectivity index (χ3n) is 2.54. The minimum Gasteiger partial charge on any atom is -0.294 e. The molecular weight excluding hydrogens is 210 g/mol. The summed E-state index contributed by atoms with van der Waals surface area (Å²) in [5.74, 6) is -1.89. The SMILES string of the molecule is CCC(=O)c1cccc2cc(F)c(F)cc12. The molecule has 0 N–H and O–H groups in total. The van der Waals surface area contributed by atoms with Gasteiger partial charge in [0.15, 0.2) is 17.4 Å². The van der Waals surface area contributed by atoms with Crippen LogP contribution in [0, 0.1) is 11.6 Å². The van der Waals surface area contributed by atoms with Gasteiger partial charge in [-0.05, 0) is 22.9 Å². The summed E-state index contributed by atoms with van der Waals surface area (Å²) in [6, 6.07) is 7.14. The molecule has 0 amide bonds. The molecule has 0 spiro atoms. The maximum Gasteiger partial charge on any atom is 0.163 e. The number of halogens is 2. The van der Waals surface area contributed by atoms with Gasteiger partial charge in [0.1, 0.15) is 0 Å². The summed E-state index contributed by atoms with van der Waals surface area (Å²) in [7, 11) is 0. The maximum absolute atomic E-state index is 13.1. The number of fused-ring (bicyclic) bond motifs is 1. The Bertz CT molecular complexity index is 561. The maximum atomic E-state index is 13.1. The van der Waals surface area contributed by atoms with Crippen molar-refractivity contribution in [1.29, 1.82) is 0 Å². The lowest BCUT2D eigenvalue weighted by molar-refractivity contribution is 0.0989. The third kappa shape index (κ3) is 1.69. The van der Waals surface area contributed by atoms with Gasteiger partial charge in [-0.15, -0.1) is 0 Å².